The van der Waals surface area contributed by atoms with Crippen LogP contribution in [0.1, 0.15) is 29.2 Å². The summed E-state index contributed by atoms with van der Waals surface area (Å²) in [5, 5.41) is 9.23. The molecule has 1 aromatic heterocycles. The number of hydrogen-bond acceptors (Lipinski definition) is 7. The van der Waals surface area contributed by atoms with E-state index >= 15 is 0 Å². The van der Waals surface area contributed by atoms with Crippen molar-refractivity contribution in [3.63, 3.8) is 0 Å². The van der Waals surface area contributed by atoms with Crippen LogP contribution in [0.5, 0.6) is 5.75 Å². The van der Waals surface area contributed by atoms with Crippen LogP contribution < -0.4 is 10.1 Å². The van der Waals surface area contributed by atoms with Gasteiger partial charge in [0.05, 0.1) is 7.11 Å². The molecule has 1 heterocycles. The third kappa shape index (κ3) is 3.61. The van der Waals surface area contributed by atoms with Gasteiger partial charge in [-0.25, -0.2) is 8.42 Å². The molecule has 0 aliphatic heterocycles. The zero-order chi connectivity index (χ0) is 16.3. The lowest BCUT2D eigenvalue weighted by molar-refractivity contribution is 0.0933. The number of ether oxygens (including phenoxy) is 1. The Hall–Kier alpha value is -2.42. The summed E-state index contributed by atoms with van der Waals surface area (Å²) in [6, 6.07) is 5.91. The van der Waals surface area contributed by atoms with Crippen LogP contribution in [-0.4, -0.2) is 37.9 Å². The first-order valence-electron chi connectivity index (χ1n) is 6.29. The van der Waals surface area contributed by atoms with Gasteiger partial charge in [-0.15, -0.1) is 5.10 Å². The highest BCUT2D eigenvalue weighted by atomic mass is 32.2. The Balaban J connectivity index is 2.09. The first-order chi connectivity index (χ1) is 10.3. The van der Waals surface area contributed by atoms with Crippen molar-refractivity contribution in [3.05, 3.63) is 35.7 Å². The van der Waals surface area contributed by atoms with Crippen molar-refractivity contribution in [2.45, 2.75) is 18.2 Å². The van der Waals surface area contributed by atoms with Gasteiger partial charge in [0.1, 0.15) is 11.8 Å². The molecule has 1 atom stereocenters. The molecule has 0 saturated carbocycles. The van der Waals surface area contributed by atoms with Crippen molar-refractivity contribution in [1.29, 1.82) is 0 Å². The van der Waals surface area contributed by atoms with Crippen LogP contribution in [0.25, 0.3) is 0 Å². The van der Waals surface area contributed by atoms with E-state index in [-0.39, 0.29) is 11.8 Å². The zero-order valence-corrected chi connectivity index (χ0v) is 13.0. The molecule has 118 valence electrons. The summed E-state index contributed by atoms with van der Waals surface area (Å²) >= 11 is 0. The summed E-state index contributed by atoms with van der Waals surface area (Å²) in [6.45, 7) is 1.61. The van der Waals surface area contributed by atoms with Gasteiger partial charge >= 0.3 is 5.22 Å². The first kappa shape index (κ1) is 16.0. The van der Waals surface area contributed by atoms with Crippen LogP contribution in [0.2, 0.25) is 0 Å². The van der Waals surface area contributed by atoms with Crippen molar-refractivity contribution < 1.29 is 22.4 Å². The minimum absolute atomic E-state index is 0.0160. The van der Waals surface area contributed by atoms with Gasteiger partial charge in [0.25, 0.3) is 5.91 Å². The average molecular weight is 325 g/mol. The number of nitrogens with one attached hydrogen (secondary N) is 1. The minimum atomic E-state index is -3.57. The molecule has 1 aromatic carbocycles. The molecule has 9 heteroatoms. The standard InChI is InChI=1S/C13H15N3O5S/c1-8(12-15-16-13(21-12)22(3,18)19)14-11(17)9-4-6-10(20-2)7-5-9/h4-8H,1-3H3,(H,14,17)/t8-/m0/s1. The maximum absolute atomic E-state index is 12.1. The van der Waals surface area contributed by atoms with Gasteiger partial charge < -0.3 is 14.5 Å². The fourth-order valence-electron chi connectivity index (χ4n) is 1.63. The second kappa shape index (κ2) is 6.14. The van der Waals surface area contributed by atoms with Gasteiger partial charge in [-0.3, -0.25) is 4.79 Å². The molecule has 0 fully saturated rings. The quantitative estimate of drug-likeness (QED) is 0.871. The number of hydrogen-bond donors (Lipinski definition) is 1. The summed E-state index contributed by atoms with van der Waals surface area (Å²) in [5.41, 5.74) is 0.426. The monoisotopic (exact) mass is 325 g/mol. The number of rotatable bonds is 5. The first-order valence-corrected chi connectivity index (χ1v) is 8.19. The summed E-state index contributed by atoms with van der Waals surface area (Å²) in [5.74, 6) is 0.302. The molecular formula is C13H15N3O5S. The van der Waals surface area contributed by atoms with Crippen molar-refractivity contribution in [2.24, 2.45) is 0 Å². The van der Waals surface area contributed by atoms with E-state index in [1.165, 1.54) is 7.11 Å². The molecule has 0 aliphatic carbocycles. The Morgan fingerprint density at radius 1 is 1.27 bits per heavy atom. The van der Waals surface area contributed by atoms with Gasteiger partial charge in [-0.1, -0.05) is 5.10 Å². The summed E-state index contributed by atoms with van der Waals surface area (Å²) in [7, 11) is -2.04. The van der Waals surface area contributed by atoms with E-state index in [4.69, 9.17) is 9.15 Å². The second-order valence-corrected chi connectivity index (χ2v) is 6.50. The highest BCUT2D eigenvalue weighted by Crippen LogP contribution is 2.16. The van der Waals surface area contributed by atoms with Gasteiger partial charge in [0.15, 0.2) is 0 Å². The van der Waals surface area contributed by atoms with Gasteiger partial charge in [-0.2, -0.15) is 0 Å². The number of sulfone groups is 1. The number of carbonyl (C=O) groups is 1. The molecule has 1 N–H and O–H groups in total. The van der Waals surface area contributed by atoms with E-state index in [0.717, 1.165) is 6.26 Å². The smallest absolute Gasteiger partial charge is 0.335 e. The van der Waals surface area contributed by atoms with Crippen LogP contribution in [0.15, 0.2) is 33.9 Å². The molecule has 0 spiro atoms. The predicted octanol–water partition coefficient (Wildman–Crippen LogP) is 0.973. The molecule has 0 aliphatic rings. The van der Waals surface area contributed by atoms with E-state index < -0.39 is 21.1 Å². The average Bonchev–Trinajstić information content (AvgIpc) is 2.97. The number of aromatic nitrogens is 2. The van der Waals surface area contributed by atoms with Crippen molar-refractivity contribution >= 4 is 15.7 Å². The Morgan fingerprint density at radius 3 is 2.41 bits per heavy atom. The SMILES string of the molecule is COc1ccc(C(=O)N[C@@H](C)c2nnc(S(C)(=O)=O)o2)cc1. The minimum Gasteiger partial charge on any atom is -0.497 e. The molecule has 8 nitrogen and oxygen atoms in total. The lowest BCUT2D eigenvalue weighted by Gasteiger charge is -2.10. The number of benzene rings is 1. The van der Waals surface area contributed by atoms with E-state index in [0.29, 0.717) is 11.3 Å². The number of carbonyl (C=O) groups excluding carboxylic acids is 1. The zero-order valence-electron chi connectivity index (χ0n) is 12.2. The van der Waals surface area contributed by atoms with Crippen LogP contribution in [0.3, 0.4) is 0 Å². The molecule has 2 aromatic rings. The predicted molar refractivity (Wildman–Crippen MR) is 76.3 cm³/mol. The Bertz CT molecular complexity index is 767. The highest BCUT2D eigenvalue weighted by molar-refractivity contribution is 7.90. The van der Waals surface area contributed by atoms with Crippen molar-refractivity contribution in [2.75, 3.05) is 13.4 Å². The number of methoxy groups -OCH3 is 1. The summed E-state index contributed by atoms with van der Waals surface area (Å²) < 4.78 is 32.6. The van der Waals surface area contributed by atoms with Crippen LogP contribution >= 0.6 is 0 Å². The molecule has 0 saturated heterocycles. The molecular weight excluding hydrogens is 310 g/mol. The molecule has 1 amide bonds. The Kier molecular flexibility index (Phi) is 4.45. The molecule has 0 radical (unpaired) electrons. The normalized spacial score (nSPS) is 12.7. The van der Waals surface area contributed by atoms with E-state index in [1.54, 1.807) is 31.2 Å². The number of nitrogens with zero attached hydrogens (tertiary/aromatic N) is 2. The fourth-order valence-corrected chi connectivity index (χ4v) is 2.06. The van der Waals surface area contributed by atoms with Crippen molar-refractivity contribution in [3.8, 4) is 5.75 Å². The van der Waals surface area contributed by atoms with Crippen LogP contribution in [-0.2, 0) is 9.84 Å². The number of amides is 1. The maximum Gasteiger partial charge on any atom is 0.335 e. The largest absolute Gasteiger partial charge is 0.497 e. The summed E-state index contributed by atoms with van der Waals surface area (Å²) in [4.78, 5) is 12.1. The third-order valence-electron chi connectivity index (χ3n) is 2.81. The fraction of sp³-hybridized carbons (Fsp3) is 0.308. The van der Waals surface area contributed by atoms with E-state index in [2.05, 4.69) is 15.5 Å². The van der Waals surface area contributed by atoms with E-state index in [9.17, 15) is 13.2 Å². The maximum atomic E-state index is 12.1. The van der Waals surface area contributed by atoms with Gasteiger partial charge in [0.2, 0.25) is 15.7 Å². The van der Waals surface area contributed by atoms with Crippen LogP contribution in [0.4, 0.5) is 0 Å². The van der Waals surface area contributed by atoms with Crippen molar-refractivity contribution in [1.82, 2.24) is 15.5 Å². The van der Waals surface area contributed by atoms with E-state index in [1.807, 2.05) is 0 Å². The topological polar surface area (TPSA) is 111 Å². The van der Waals surface area contributed by atoms with Crippen LogP contribution in [0, 0.1) is 0 Å². The van der Waals surface area contributed by atoms with Gasteiger partial charge in [0, 0.05) is 11.8 Å². The highest BCUT2D eigenvalue weighted by Gasteiger charge is 2.21. The Morgan fingerprint density at radius 2 is 1.91 bits per heavy atom. The molecule has 22 heavy (non-hydrogen) atoms. The third-order valence-corrected chi connectivity index (χ3v) is 3.61. The van der Waals surface area contributed by atoms with Gasteiger partial charge in [-0.05, 0) is 31.2 Å². The Labute approximate surface area is 127 Å². The second-order valence-electron chi connectivity index (χ2n) is 4.60. The molecule has 0 bridgehead atoms. The lowest BCUT2D eigenvalue weighted by Crippen LogP contribution is -2.26. The molecule has 0 unspecified atom stereocenters. The summed E-state index contributed by atoms with van der Waals surface area (Å²) in [6.07, 6.45) is 0.963. The molecule has 2 rings (SSSR count). The lowest BCUT2D eigenvalue weighted by atomic mass is 10.2.